The normalized spacial score (nSPS) is 30.8. The van der Waals surface area contributed by atoms with Crippen molar-refractivity contribution < 1.29 is 19.0 Å². The summed E-state index contributed by atoms with van der Waals surface area (Å²) in [6, 6.07) is 4.54. The zero-order chi connectivity index (χ0) is 15.7. The second kappa shape index (κ2) is 6.24. The maximum absolute atomic E-state index is 13.2. The summed E-state index contributed by atoms with van der Waals surface area (Å²) in [5.74, 6) is -0.268. The first-order valence-electron chi connectivity index (χ1n) is 7.92. The Labute approximate surface area is 130 Å². The number of β-amino-alcohol motifs (C(OH)–C–C–N with tert-alkyl or cyclic N) is 1. The second-order valence-corrected chi connectivity index (χ2v) is 6.43. The lowest BCUT2D eigenvalue weighted by Crippen LogP contribution is -2.56. The molecule has 3 atom stereocenters. The molecule has 3 unspecified atom stereocenters. The molecule has 1 aromatic carbocycles. The van der Waals surface area contributed by atoms with E-state index in [2.05, 4.69) is 11.8 Å². The van der Waals surface area contributed by atoms with Crippen molar-refractivity contribution in [2.75, 3.05) is 32.8 Å². The number of morpholine rings is 1. The van der Waals surface area contributed by atoms with Gasteiger partial charge in [0.25, 0.3) is 0 Å². The van der Waals surface area contributed by atoms with Crippen LogP contribution in [0.4, 0.5) is 4.39 Å². The van der Waals surface area contributed by atoms with E-state index in [1.54, 1.807) is 6.07 Å². The molecule has 0 saturated carbocycles. The third-order valence-electron chi connectivity index (χ3n) is 4.94. The van der Waals surface area contributed by atoms with Crippen LogP contribution < -0.4 is 0 Å². The summed E-state index contributed by atoms with van der Waals surface area (Å²) in [4.78, 5) is 2.22. The number of aliphatic hydroxyl groups excluding tert-OH is 1. The third-order valence-corrected chi connectivity index (χ3v) is 4.94. The summed E-state index contributed by atoms with van der Waals surface area (Å²) in [5, 5.41) is 10.5. The molecule has 3 rings (SSSR count). The summed E-state index contributed by atoms with van der Waals surface area (Å²) in [7, 11) is 0. The van der Waals surface area contributed by atoms with Crippen molar-refractivity contribution in [3.8, 4) is 0 Å². The molecule has 2 heterocycles. The fourth-order valence-electron chi connectivity index (χ4n) is 3.55. The number of rotatable bonds is 3. The van der Waals surface area contributed by atoms with E-state index in [0.717, 1.165) is 37.2 Å². The van der Waals surface area contributed by atoms with Gasteiger partial charge in [-0.25, -0.2) is 4.39 Å². The summed E-state index contributed by atoms with van der Waals surface area (Å²) < 4.78 is 24.8. The number of hydrogen-bond acceptors (Lipinski definition) is 4. The van der Waals surface area contributed by atoms with Crippen LogP contribution in [0.25, 0.3) is 0 Å². The van der Waals surface area contributed by atoms with Crippen LogP contribution in [0.3, 0.4) is 0 Å². The Hall–Kier alpha value is -1.01. The van der Waals surface area contributed by atoms with Gasteiger partial charge in [-0.2, -0.15) is 0 Å². The van der Waals surface area contributed by atoms with Gasteiger partial charge in [0.05, 0.1) is 18.8 Å². The van der Waals surface area contributed by atoms with Crippen LogP contribution in [0.2, 0.25) is 0 Å². The lowest BCUT2D eigenvalue weighted by atomic mass is 9.93. The van der Waals surface area contributed by atoms with Gasteiger partial charge in [0.2, 0.25) is 0 Å². The van der Waals surface area contributed by atoms with Crippen LogP contribution >= 0.6 is 0 Å². The van der Waals surface area contributed by atoms with Gasteiger partial charge in [0, 0.05) is 32.7 Å². The van der Waals surface area contributed by atoms with Gasteiger partial charge >= 0.3 is 0 Å². The van der Waals surface area contributed by atoms with Crippen LogP contribution in [0.15, 0.2) is 18.2 Å². The van der Waals surface area contributed by atoms with Gasteiger partial charge < -0.3 is 14.6 Å². The van der Waals surface area contributed by atoms with E-state index in [9.17, 15) is 9.50 Å². The quantitative estimate of drug-likeness (QED) is 0.928. The molecular weight excluding hydrogens is 285 g/mol. The van der Waals surface area contributed by atoms with Crippen LogP contribution in [0.1, 0.15) is 30.6 Å². The zero-order valence-electron chi connectivity index (χ0n) is 13.2. The van der Waals surface area contributed by atoms with Crippen molar-refractivity contribution in [3.05, 3.63) is 35.1 Å². The van der Waals surface area contributed by atoms with Crippen molar-refractivity contribution >= 4 is 0 Å². The Balaban J connectivity index is 1.67. The molecule has 0 bridgehead atoms. The van der Waals surface area contributed by atoms with Crippen molar-refractivity contribution in [1.82, 2.24) is 4.90 Å². The molecule has 1 aromatic rings. The van der Waals surface area contributed by atoms with Gasteiger partial charge in [-0.15, -0.1) is 0 Å². The van der Waals surface area contributed by atoms with E-state index in [1.807, 2.05) is 6.92 Å². The van der Waals surface area contributed by atoms with Gasteiger partial charge in [-0.1, -0.05) is 6.07 Å². The molecular formula is C17H24FNO3. The molecule has 122 valence electrons. The molecule has 1 N–H and O–H groups in total. The van der Waals surface area contributed by atoms with E-state index in [0.29, 0.717) is 13.2 Å². The topological polar surface area (TPSA) is 41.9 Å². The number of ether oxygens (including phenoxy) is 2. The molecule has 5 heteroatoms. The zero-order valence-corrected chi connectivity index (χ0v) is 13.2. The maximum atomic E-state index is 13.2. The SMILES string of the molecule is Cc1cc(F)ccc1C(O)CN1CCOC2(CCOC2C)C1. The Morgan fingerprint density at radius 2 is 2.27 bits per heavy atom. The minimum absolute atomic E-state index is 0.0833. The first kappa shape index (κ1) is 15.9. The highest BCUT2D eigenvalue weighted by Gasteiger charge is 2.46. The van der Waals surface area contributed by atoms with Crippen LogP contribution in [0, 0.1) is 12.7 Å². The van der Waals surface area contributed by atoms with Gasteiger partial charge in [-0.3, -0.25) is 4.90 Å². The predicted molar refractivity (Wildman–Crippen MR) is 81.3 cm³/mol. The van der Waals surface area contributed by atoms with Crippen LogP contribution in [-0.2, 0) is 9.47 Å². The van der Waals surface area contributed by atoms with Crippen molar-refractivity contribution in [2.45, 2.75) is 38.1 Å². The van der Waals surface area contributed by atoms with E-state index in [4.69, 9.17) is 9.47 Å². The molecule has 2 fully saturated rings. The van der Waals surface area contributed by atoms with Gasteiger partial charge in [-0.05, 0) is 37.1 Å². The number of hydrogen-bond donors (Lipinski definition) is 1. The molecule has 2 aliphatic rings. The Bertz CT molecular complexity index is 539. The highest BCUT2D eigenvalue weighted by Crippen LogP contribution is 2.33. The monoisotopic (exact) mass is 309 g/mol. The average Bonchev–Trinajstić information content (AvgIpc) is 2.79. The first-order chi connectivity index (χ1) is 10.5. The van der Waals surface area contributed by atoms with E-state index < -0.39 is 6.10 Å². The number of aliphatic hydroxyl groups is 1. The molecule has 0 radical (unpaired) electrons. The second-order valence-electron chi connectivity index (χ2n) is 6.43. The smallest absolute Gasteiger partial charge is 0.123 e. The highest BCUT2D eigenvalue weighted by molar-refractivity contribution is 5.28. The standard InChI is InChI=1S/C17H24FNO3/c1-12-9-14(18)3-4-15(12)16(20)10-19-6-8-22-17(11-19)5-7-21-13(17)2/h3-4,9,13,16,20H,5-8,10-11H2,1-2H3. The molecule has 2 saturated heterocycles. The Morgan fingerprint density at radius 1 is 1.45 bits per heavy atom. The van der Waals surface area contributed by atoms with E-state index in [-0.39, 0.29) is 17.5 Å². The van der Waals surface area contributed by atoms with Gasteiger partial charge in [0.1, 0.15) is 11.4 Å². The molecule has 0 aliphatic carbocycles. The summed E-state index contributed by atoms with van der Waals surface area (Å²) in [5.41, 5.74) is 1.33. The number of aryl methyl sites for hydroxylation is 1. The molecule has 0 aromatic heterocycles. The summed E-state index contributed by atoms with van der Waals surface area (Å²) >= 11 is 0. The fraction of sp³-hybridized carbons (Fsp3) is 0.647. The average molecular weight is 309 g/mol. The first-order valence-corrected chi connectivity index (χ1v) is 7.92. The van der Waals surface area contributed by atoms with Crippen LogP contribution in [-0.4, -0.2) is 54.6 Å². The maximum Gasteiger partial charge on any atom is 0.123 e. The largest absolute Gasteiger partial charge is 0.387 e. The number of nitrogens with zero attached hydrogens (tertiary/aromatic N) is 1. The lowest BCUT2D eigenvalue weighted by molar-refractivity contribution is -0.139. The Kier molecular flexibility index (Phi) is 4.50. The molecule has 22 heavy (non-hydrogen) atoms. The highest BCUT2D eigenvalue weighted by atomic mass is 19.1. The van der Waals surface area contributed by atoms with Crippen molar-refractivity contribution in [1.29, 1.82) is 0 Å². The number of halogens is 1. The molecule has 0 amide bonds. The lowest BCUT2D eigenvalue weighted by Gasteiger charge is -2.42. The fourth-order valence-corrected chi connectivity index (χ4v) is 3.55. The Morgan fingerprint density at radius 3 is 2.95 bits per heavy atom. The van der Waals surface area contributed by atoms with E-state index in [1.165, 1.54) is 12.1 Å². The van der Waals surface area contributed by atoms with Gasteiger partial charge in [0.15, 0.2) is 0 Å². The van der Waals surface area contributed by atoms with Crippen LogP contribution in [0.5, 0.6) is 0 Å². The number of benzene rings is 1. The van der Waals surface area contributed by atoms with Crippen molar-refractivity contribution in [2.24, 2.45) is 0 Å². The van der Waals surface area contributed by atoms with E-state index >= 15 is 0 Å². The molecule has 4 nitrogen and oxygen atoms in total. The molecule has 1 spiro atoms. The molecule has 2 aliphatic heterocycles. The minimum atomic E-state index is -0.617. The van der Waals surface area contributed by atoms with Crippen molar-refractivity contribution in [3.63, 3.8) is 0 Å². The summed E-state index contributed by atoms with van der Waals surface area (Å²) in [6.45, 7) is 7.37. The minimum Gasteiger partial charge on any atom is -0.387 e. The predicted octanol–water partition coefficient (Wildman–Crippen LogP) is 2.05. The third kappa shape index (κ3) is 3.04. The summed E-state index contributed by atoms with van der Waals surface area (Å²) in [6.07, 6.45) is 0.365.